The molecule has 6 aliphatic rings. The highest BCUT2D eigenvalue weighted by molar-refractivity contribution is 6.09. The number of rotatable bonds is 5. The molecule has 11 nitrogen and oxygen atoms in total. The largest absolute Gasteiger partial charge is 0.459 e. The molecule has 2 aromatic carbocycles. The van der Waals surface area contributed by atoms with E-state index in [-0.39, 0.29) is 12.4 Å². The van der Waals surface area contributed by atoms with Crippen LogP contribution in [0, 0.1) is 34.0 Å². The van der Waals surface area contributed by atoms with Crippen LogP contribution in [0.25, 0.3) is 0 Å². The molecule has 242 valence electrons. The van der Waals surface area contributed by atoms with E-state index >= 15 is 0 Å². The summed E-state index contributed by atoms with van der Waals surface area (Å²) in [6, 6.07) is 15.8. The first-order valence-electron chi connectivity index (χ1n) is 15.7. The predicted octanol–water partition coefficient (Wildman–Crippen LogP) is 2.33. The smallest absolute Gasteiger partial charge is 0.343 e. The Hall–Kier alpha value is -3.64. The molecular weight excluding hydrogens is 596 g/mol. The zero-order chi connectivity index (χ0) is 32.8. The molecule has 46 heavy (non-hydrogen) atoms. The predicted molar refractivity (Wildman–Crippen MR) is 155 cm³/mol. The van der Waals surface area contributed by atoms with Crippen LogP contribution in [0.1, 0.15) is 56.1 Å². The lowest BCUT2D eigenvalue weighted by Gasteiger charge is -2.48. The zero-order valence-corrected chi connectivity index (χ0v) is 26.1. The molecule has 2 saturated carbocycles. The van der Waals surface area contributed by atoms with E-state index in [0.717, 1.165) is 0 Å². The van der Waals surface area contributed by atoms with Crippen molar-refractivity contribution in [2.75, 3.05) is 0 Å². The monoisotopic (exact) mass is 632 g/mol. The lowest BCUT2D eigenvalue weighted by molar-refractivity contribution is -0.240. The summed E-state index contributed by atoms with van der Waals surface area (Å²) < 4.78 is 30.5. The molecule has 2 spiro atoms. The van der Waals surface area contributed by atoms with Crippen molar-refractivity contribution in [2.45, 2.75) is 83.1 Å². The number of aliphatic hydroxyl groups excluding tert-OH is 1. The Balaban J connectivity index is 1.23. The molecule has 6 fully saturated rings. The standard InChI is InChI=1S/C35H36O11/c1-16-22(31(3,4)5)32-26(42-15-18-11-13-20(14-12-18)21(36)19-9-7-6-8-10-19)28(39)45-30(32)46-35-29(40)44-24(16)33(32,35)23(37)25-34(35,41)17(2)27(38)43-25/h6-14,16-17,22-26,30,37,41H,15H2,1-5H3/t16-,17-,22+,23+,24?,25?,26+,30?,32?,33-,34-,35?/m1/s1. The number of carbonyl (C=O) groups excluding carboxylic acids is 4. The van der Waals surface area contributed by atoms with Gasteiger partial charge in [-0.05, 0) is 29.7 Å². The van der Waals surface area contributed by atoms with Crippen molar-refractivity contribution in [3.8, 4) is 0 Å². The third-order valence-electron chi connectivity index (χ3n) is 11.9. The Morgan fingerprint density at radius 2 is 1.54 bits per heavy atom. The van der Waals surface area contributed by atoms with E-state index in [1.54, 1.807) is 48.5 Å². The number of ketones is 1. The molecule has 2 N–H and O–H groups in total. The number of fused-ring (bicyclic) bond motifs is 1. The number of ether oxygens (including phenoxy) is 5. The summed E-state index contributed by atoms with van der Waals surface area (Å²) in [7, 11) is 0. The van der Waals surface area contributed by atoms with Crippen LogP contribution in [-0.4, -0.2) is 75.8 Å². The third-order valence-corrected chi connectivity index (χ3v) is 11.9. The number of hydrogen-bond donors (Lipinski definition) is 2. The van der Waals surface area contributed by atoms with Gasteiger partial charge in [-0.2, -0.15) is 0 Å². The molecule has 4 aliphatic heterocycles. The molecule has 0 radical (unpaired) electrons. The maximum atomic E-state index is 14.1. The van der Waals surface area contributed by atoms with E-state index in [9.17, 15) is 29.4 Å². The Morgan fingerprint density at radius 1 is 0.891 bits per heavy atom. The number of benzene rings is 2. The number of carbonyl (C=O) groups is 4. The highest BCUT2D eigenvalue weighted by Gasteiger charge is 3.04. The van der Waals surface area contributed by atoms with Gasteiger partial charge in [0.1, 0.15) is 12.2 Å². The van der Waals surface area contributed by atoms with Crippen LogP contribution in [0.4, 0.5) is 0 Å². The van der Waals surface area contributed by atoms with Crippen LogP contribution in [-0.2, 0) is 44.7 Å². The van der Waals surface area contributed by atoms with Gasteiger partial charge in [-0.25, -0.2) is 9.59 Å². The van der Waals surface area contributed by atoms with Crippen molar-refractivity contribution in [3.63, 3.8) is 0 Å². The van der Waals surface area contributed by atoms with Crippen molar-refractivity contribution in [3.05, 3.63) is 71.3 Å². The summed E-state index contributed by atoms with van der Waals surface area (Å²) in [5.74, 6) is -4.74. The maximum Gasteiger partial charge on any atom is 0.343 e. The van der Waals surface area contributed by atoms with Crippen LogP contribution >= 0.6 is 0 Å². The van der Waals surface area contributed by atoms with Gasteiger partial charge in [-0.3, -0.25) is 9.59 Å². The number of hydrogen-bond acceptors (Lipinski definition) is 11. The lowest BCUT2D eigenvalue weighted by atomic mass is 9.50. The minimum absolute atomic E-state index is 0.0724. The Kier molecular flexibility index (Phi) is 5.84. The van der Waals surface area contributed by atoms with Crippen LogP contribution in [0.3, 0.4) is 0 Å². The molecule has 4 heterocycles. The minimum Gasteiger partial charge on any atom is -0.459 e. The topological polar surface area (TPSA) is 155 Å². The van der Waals surface area contributed by atoms with Crippen LogP contribution in [0.2, 0.25) is 0 Å². The van der Waals surface area contributed by atoms with Crippen molar-refractivity contribution in [1.82, 2.24) is 0 Å². The Bertz CT molecular complexity index is 1680. The number of esters is 3. The van der Waals surface area contributed by atoms with Gasteiger partial charge in [-0.1, -0.05) is 82.3 Å². The van der Waals surface area contributed by atoms with Gasteiger partial charge in [0.2, 0.25) is 11.9 Å². The van der Waals surface area contributed by atoms with Gasteiger partial charge in [0.05, 0.1) is 23.4 Å². The highest BCUT2D eigenvalue weighted by Crippen LogP contribution is 2.85. The van der Waals surface area contributed by atoms with E-state index in [4.69, 9.17) is 23.7 Å². The van der Waals surface area contributed by atoms with Gasteiger partial charge in [0.15, 0.2) is 23.6 Å². The molecule has 2 aliphatic carbocycles. The van der Waals surface area contributed by atoms with Gasteiger partial charge in [-0.15, -0.1) is 0 Å². The zero-order valence-electron chi connectivity index (χ0n) is 26.1. The SMILES string of the molecule is C[C@@H]1C(=O)OC2[C@H](O)[C@]34C5OC(=O)C3(OC3OC(=O)[C@H](OCc6ccc(C(=O)c7ccccc7)cc6)C34[C@H](C(C)(C)C)[C@H]5C)[C@]21O. The summed E-state index contributed by atoms with van der Waals surface area (Å²) >= 11 is 0. The van der Waals surface area contributed by atoms with Crippen molar-refractivity contribution in [2.24, 2.45) is 34.0 Å². The van der Waals surface area contributed by atoms with Crippen LogP contribution < -0.4 is 0 Å². The molecule has 12 atom stereocenters. The Morgan fingerprint density at radius 3 is 2.20 bits per heavy atom. The second-order valence-corrected chi connectivity index (χ2v) is 14.8. The molecular formula is C35H36O11. The van der Waals surface area contributed by atoms with Gasteiger partial charge < -0.3 is 33.9 Å². The third kappa shape index (κ3) is 2.96. The van der Waals surface area contributed by atoms with Gasteiger partial charge in [0.25, 0.3) is 0 Å². The minimum atomic E-state index is -2.29. The highest BCUT2D eigenvalue weighted by atomic mass is 16.8. The van der Waals surface area contributed by atoms with Gasteiger partial charge in [0, 0.05) is 11.1 Å². The van der Waals surface area contributed by atoms with Crippen molar-refractivity contribution >= 4 is 23.7 Å². The van der Waals surface area contributed by atoms with E-state index in [1.807, 2.05) is 33.8 Å². The summed E-state index contributed by atoms with van der Waals surface area (Å²) in [6.07, 6.45) is -6.89. The fourth-order valence-corrected chi connectivity index (χ4v) is 10.7. The fraction of sp³-hybridized carbons (Fsp3) is 0.543. The molecule has 0 aromatic heterocycles. The molecule has 5 unspecified atom stereocenters. The Labute approximate surface area is 265 Å². The first kappa shape index (κ1) is 29.7. The normalized spacial score (nSPS) is 44.7. The molecule has 4 saturated heterocycles. The lowest BCUT2D eigenvalue weighted by Crippen LogP contribution is -2.67. The first-order valence-corrected chi connectivity index (χ1v) is 15.7. The fourth-order valence-electron chi connectivity index (χ4n) is 10.7. The first-order chi connectivity index (χ1) is 21.7. The molecule has 2 aromatic rings. The molecule has 0 bridgehead atoms. The van der Waals surface area contributed by atoms with Crippen LogP contribution in [0.5, 0.6) is 0 Å². The molecule has 0 amide bonds. The maximum absolute atomic E-state index is 14.1. The second-order valence-electron chi connectivity index (χ2n) is 14.8. The summed E-state index contributed by atoms with van der Waals surface area (Å²) in [5, 5.41) is 24.7. The average Bonchev–Trinajstić information content (AvgIpc) is 3.72. The molecule has 8 rings (SSSR count). The van der Waals surface area contributed by atoms with E-state index in [2.05, 4.69) is 0 Å². The van der Waals surface area contributed by atoms with E-state index < -0.39 is 93.8 Å². The van der Waals surface area contributed by atoms with E-state index in [1.165, 1.54) is 6.92 Å². The summed E-state index contributed by atoms with van der Waals surface area (Å²) in [4.78, 5) is 53.7. The second kappa shape index (κ2) is 9.03. The van der Waals surface area contributed by atoms with E-state index in [0.29, 0.717) is 16.7 Å². The average molecular weight is 633 g/mol. The quantitative estimate of drug-likeness (QED) is 0.284. The summed E-state index contributed by atoms with van der Waals surface area (Å²) in [5.41, 5.74) is -6.69. The summed E-state index contributed by atoms with van der Waals surface area (Å²) in [6.45, 7) is 9.21. The van der Waals surface area contributed by atoms with Gasteiger partial charge >= 0.3 is 17.9 Å². The number of aliphatic hydroxyl groups is 2. The molecule has 11 heteroatoms. The van der Waals surface area contributed by atoms with Crippen LogP contribution in [0.15, 0.2) is 54.6 Å². The van der Waals surface area contributed by atoms with Crippen molar-refractivity contribution in [1.29, 1.82) is 0 Å². The van der Waals surface area contributed by atoms with Crippen molar-refractivity contribution < 1.29 is 53.1 Å².